The number of aliphatic carboxylic acids is 2. The van der Waals surface area contributed by atoms with E-state index in [1.807, 2.05) is 0 Å². The van der Waals surface area contributed by atoms with Gasteiger partial charge in [-0.15, -0.1) is 0 Å². The maximum absolute atomic E-state index is 12.6. The highest BCUT2D eigenvalue weighted by atomic mass is 32.2. The average Bonchev–Trinajstić information content (AvgIpc) is 3.21. The fourth-order valence-electron chi connectivity index (χ4n) is 6.13. The molecule has 0 aliphatic carbocycles. The maximum atomic E-state index is 12.6. The van der Waals surface area contributed by atoms with Crippen LogP contribution in [0, 0.1) is 6.92 Å². The summed E-state index contributed by atoms with van der Waals surface area (Å²) in [6.45, 7) is 1.63. The molecule has 6 rings (SSSR count). The molecule has 0 aliphatic heterocycles. The second-order valence-corrected chi connectivity index (χ2v) is 18.2. The summed E-state index contributed by atoms with van der Waals surface area (Å²) in [5, 5.41) is 27.2. The van der Waals surface area contributed by atoms with Crippen molar-refractivity contribution in [1.29, 1.82) is 0 Å². The number of aromatic nitrogens is 6. The van der Waals surface area contributed by atoms with Crippen molar-refractivity contribution in [2.45, 2.75) is 53.3 Å². The largest absolute Gasteiger partial charge is 0.481 e. The zero-order chi connectivity index (χ0) is 47.1. The van der Waals surface area contributed by atoms with Crippen molar-refractivity contribution in [2.24, 2.45) is 0 Å². The van der Waals surface area contributed by atoms with Gasteiger partial charge in [0.05, 0.1) is 9.79 Å². The molecule has 8 N–H and O–H groups in total. The van der Waals surface area contributed by atoms with Gasteiger partial charge in [-0.1, -0.05) is 60.7 Å². The fourth-order valence-corrected chi connectivity index (χ4v) is 8.12. The van der Waals surface area contributed by atoms with Crippen molar-refractivity contribution in [2.75, 3.05) is 16.0 Å². The van der Waals surface area contributed by atoms with Gasteiger partial charge in [0.15, 0.2) is 0 Å². The minimum atomic E-state index is -4.83. The number of hydrogen-bond donors (Lipinski definition) is 8. The Morgan fingerprint density at radius 2 is 1.28 bits per heavy atom. The van der Waals surface area contributed by atoms with E-state index in [4.69, 9.17) is 5.11 Å². The molecule has 25 heteroatoms. The topological polar surface area (TPSA) is 351 Å². The first kappa shape index (κ1) is 47.2. The number of anilines is 5. The molecule has 338 valence electrons. The highest BCUT2D eigenvalue weighted by molar-refractivity contribution is 7.86. The quantitative estimate of drug-likeness (QED) is 0.0404. The van der Waals surface area contributed by atoms with Crippen LogP contribution in [0.5, 0.6) is 0 Å². The number of carboxylic acid groups (broad SMARTS) is 2. The molecule has 1 atom stereocenters. The Morgan fingerprint density at radius 3 is 1.94 bits per heavy atom. The molecule has 6 aromatic rings. The maximum Gasteiger partial charge on any atom is 0.326 e. The zero-order valence-corrected chi connectivity index (χ0v) is 36.1. The number of carbonyl (C=O) groups is 2. The Balaban J connectivity index is 1.22. The molecule has 1 unspecified atom stereocenters. The molecule has 0 fully saturated rings. The van der Waals surface area contributed by atoms with Gasteiger partial charge in [-0.2, -0.15) is 50.2 Å². The molecular formula is C40H37N9O13S3. The highest BCUT2D eigenvalue weighted by Gasteiger charge is 2.22. The van der Waals surface area contributed by atoms with Crippen molar-refractivity contribution >= 4 is 83.7 Å². The molecule has 0 amide bonds. The van der Waals surface area contributed by atoms with E-state index in [-0.39, 0.29) is 76.0 Å². The molecule has 0 spiro atoms. The summed E-state index contributed by atoms with van der Waals surface area (Å²) < 4.78 is 102. The number of carboxylic acids is 2. The Bertz CT molecular complexity index is 3160. The second-order valence-electron chi connectivity index (χ2n) is 14.0. The molecule has 0 saturated heterocycles. The summed E-state index contributed by atoms with van der Waals surface area (Å²) in [6, 6.07) is 20.3. The van der Waals surface area contributed by atoms with Crippen LogP contribution in [0.4, 0.5) is 29.2 Å². The summed E-state index contributed by atoms with van der Waals surface area (Å²) >= 11 is 0. The van der Waals surface area contributed by atoms with Gasteiger partial charge >= 0.3 is 11.9 Å². The lowest BCUT2D eigenvalue weighted by molar-refractivity contribution is -0.139. The second kappa shape index (κ2) is 19.6. The van der Waals surface area contributed by atoms with E-state index in [9.17, 15) is 53.6 Å². The van der Waals surface area contributed by atoms with E-state index in [2.05, 4.69) is 45.9 Å². The minimum Gasteiger partial charge on any atom is -0.481 e. The van der Waals surface area contributed by atoms with Crippen LogP contribution in [0.2, 0.25) is 0 Å². The summed E-state index contributed by atoms with van der Waals surface area (Å²) in [5.41, 5.74) is 1.92. The van der Waals surface area contributed by atoms with E-state index in [1.165, 1.54) is 54.6 Å². The molecule has 2 heterocycles. The van der Waals surface area contributed by atoms with Crippen LogP contribution in [0.1, 0.15) is 52.6 Å². The molecule has 2 aromatic heterocycles. The van der Waals surface area contributed by atoms with E-state index in [0.717, 1.165) is 12.1 Å². The summed E-state index contributed by atoms with van der Waals surface area (Å²) in [5.74, 6) is -2.54. The van der Waals surface area contributed by atoms with Crippen LogP contribution in [0.25, 0.3) is 12.2 Å². The van der Waals surface area contributed by atoms with Crippen LogP contribution in [-0.4, -0.2) is 97.0 Å². The minimum absolute atomic E-state index is 0.00935. The molecule has 0 radical (unpaired) electrons. The number of nitrogens with one attached hydrogen (secondary N) is 3. The number of benzene rings is 4. The first-order chi connectivity index (χ1) is 30.6. The Hall–Kier alpha value is -7.29. The lowest BCUT2D eigenvalue weighted by Gasteiger charge is -2.15. The monoisotopic (exact) mass is 947 g/mol. The van der Waals surface area contributed by atoms with E-state index in [0.29, 0.717) is 17.1 Å². The number of aryl methyl sites for hydroxylation is 1. The lowest BCUT2D eigenvalue weighted by Crippen LogP contribution is -2.31. The standard InChI is InChI=1S/C40H37N9O13S3/c1-23-41-35(21-27-5-2-3-8-32(27)64(57,58)59)48-38(42-23)43-28-15-11-24(12-16-28)9-13-26-14-10-25(19-33(26)65(60,61)62)20-34-46-39(44-29-6-4-7-30(22-29)63(54,55)56)49-40(47-34)45-31(37(52)53)17-18-36(50)51/h2-16,19,22,31H,17-18,20-21H2,1H3,(H,50,51)(H,52,53)(H,54,55,56)(H,57,58,59)(H,60,61,62)(H,41,42,43,48)(H2,44,45,46,47,49)/b13-9+. The molecule has 0 bridgehead atoms. The van der Waals surface area contributed by atoms with Gasteiger partial charge < -0.3 is 26.2 Å². The first-order valence-corrected chi connectivity index (χ1v) is 23.1. The first-order valence-electron chi connectivity index (χ1n) is 18.8. The van der Waals surface area contributed by atoms with Crippen LogP contribution in [0.15, 0.2) is 106 Å². The van der Waals surface area contributed by atoms with Crippen molar-refractivity contribution in [3.8, 4) is 0 Å². The molecule has 22 nitrogen and oxygen atoms in total. The van der Waals surface area contributed by atoms with Crippen molar-refractivity contribution < 1.29 is 58.7 Å². The summed E-state index contributed by atoms with van der Waals surface area (Å²) in [6.07, 6.45) is 1.95. The lowest BCUT2D eigenvalue weighted by atomic mass is 10.1. The molecule has 4 aromatic carbocycles. The summed E-state index contributed by atoms with van der Waals surface area (Å²) in [7, 11) is -13.9. The molecule has 0 aliphatic rings. The van der Waals surface area contributed by atoms with Gasteiger partial charge in [-0.3, -0.25) is 18.5 Å². The van der Waals surface area contributed by atoms with Crippen LogP contribution in [-0.2, 0) is 52.8 Å². The highest BCUT2D eigenvalue weighted by Crippen LogP contribution is 2.25. The number of nitrogens with zero attached hydrogens (tertiary/aromatic N) is 6. The van der Waals surface area contributed by atoms with Crippen molar-refractivity contribution in [3.05, 3.63) is 131 Å². The molecule has 65 heavy (non-hydrogen) atoms. The van der Waals surface area contributed by atoms with E-state index < -0.39 is 64.5 Å². The van der Waals surface area contributed by atoms with Crippen molar-refractivity contribution in [1.82, 2.24) is 29.9 Å². The normalized spacial score (nSPS) is 12.4. The zero-order valence-electron chi connectivity index (χ0n) is 33.6. The Morgan fingerprint density at radius 1 is 0.631 bits per heavy atom. The Kier molecular flexibility index (Phi) is 14.2. The van der Waals surface area contributed by atoms with E-state index in [1.54, 1.807) is 43.3 Å². The van der Waals surface area contributed by atoms with Crippen molar-refractivity contribution in [3.63, 3.8) is 0 Å². The number of hydrogen-bond acceptors (Lipinski definition) is 17. The third-order valence-electron chi connectivity index (χ3n) is 9.05. The van der Waals surface area contributed by atoms with Gasteiger partial charge in [-0.25, -0.2) is 9.78 Å². The number of rotatable bonds is 19. The smallest absolute Gasteiger partial charge is 0.326 e. The SMILES string of the molecule is Cc1nc(Cc2ccccc2S(=O)(=O)O)nc(Nc2ccc(/C=C/c3ccc(Cc4nc(Nc5cccc(S(=O)(=O)O)c5)nc(NC(CCC(=O)O)C(=O)O)n4)cc3S(=O)(=O)O)cc2)n1. The van der Waals surface area contributed by atoms with E-state index >= 15 is 0 Å². The van der Waals surface area contributed by atoms with Crippen LogP contribution < -0.4 is 16.0 Å². The van der Waals surface area contributed by atoms with Crippen LogP contribution >= 0.6 is 0 Å². The third-order valence-corrected chi connectivity index (χ3v) is 11.8. The fraction of sp³-hybridized carbons (Fsp3) is 0.150. The summed E-state index contributed by atoms with van der Waals surface area (Å²) in [4.78, 5) is 47.6. The Labute approximate surface area is 370 Å². The molecular weight excluding hydrogens is 911 g/mol. The molecule has 0 saturated carbocycles. The van der Waals surface area contributed by atoms with Gasteiger partial charge in [0.1, 0.15) is 28.4 Å². The van der Waals surface area contributed by atoms with Gasteiger partial charge in [0.25, 0.3) is 30.4 Å². The van der Waals surface area contributed by atoms with Gasteiger partial charge in [-0.05, 0) is 78.1 Å². The average molecular weight is 948 g/mol. The predicted octanol–water partition coefficient (Wildman–Crippen LogP) is 4.67. The predicted molar refractivity (Wildman–Crippen MR) is 233 cm³/mol. The van der Waals surface area contributed by atoms with Crippen LogP contribution in [0.3, 0.4) is 0 Å². The third kappa shape index (κ3) is 13.4. The van der Waals surface area contributed by atoms with Gasteiger partial charge in [0.2, 0.25) is 17.8 Å². The van der Waals surface area contributed by atoms with Gasteiger partial charge in [0, 0.05) is 30.6 Å².